The van der Waals surface area contributed by atoms with Gasteiger partial charge in [0.2, 0.25) is 0 Å². The van der Waals surface area contributed by atoms with Crippen LogP contribution in [0.1, 0.15) is 32.6 Å². The number of rotatable bonds is 3. The molecule has 0 bridgehead atoms. The number of aliphatic hydroxyl groups is 1. The molecule has 0 aromatic heterocycles. The van der Waals surface area contributed by atoms with E-state index in [1.165, 1.54) is 38.9 Å². The zero-order chi connectivity index (χ0) is 10.7. The van der Waals surface area contributed by atoms with Crippen LogP contribution in [0.4, 0.5) is 0 Å². The third-order valence-electron chi connectivity index (χ3n) is 3.86. The van der Waals surface area contributed by atoms with Gasteiger partial charge in [0, 0.05) is 32.2 Å². The van der Waals surface area contributed by atoms with E-state index in [9.17, 15) is 5.11 Å². The molecule has 0 radical (unpaired) electrons. The number of hydrogen-bond donors (Lipinski definition) is 1. The van der Waals surface area contributed by atoms with Gasteiger partial charge in [-0.2, -0.15) is 0 Å². The molecular formula is C12H24N2O. The molecule has 1 heterocycles. The van der Waals surface area contributed by atoms with Gasteiger partial charge in [0.1, 0.15) is 0 Å². The van der Waals surface area contributed by atoms with E-state index >= 15 is 0 Å². The maximum Gasteiger partial charge on any atom is 0.0695 e. The Kier molecular flexibility index (Phi) is 4.00. The van der Waals surface area contributed by atoms with E-state index < -0.39 is 0 Å². The minimum Gasteiger partial charge on any atom is -0.391 e. The molecule has 3 nitrogen and oxygen atoms in total. The molecular weight excluding hydrogens is 188 g/mol. The van der Waals surface area contributed by atoms with Crippen LogP contribution in [0, 0.1) is 0 Å². The molecule has 0 spiro atoms. The molecule has 0 aromatic carbocycles. The summed E-state index contributed by atoms with van der Waals surface area (Å²) in [6.45, 7) is 8.17. The van der Waals surface area contributed by atoms with E-state index in [0.29, 0.717) is 6.04 Å². The number of hydrogen-bond acceptors (Lipinski definition) is 3. The minimum atomic E-state index is -0.0530. The fraction of sp³-hybridized carbons (Fsp3) is 1.00. The summed E-state index contributed by atoms with van der Waals surface area (Å²) in [6, 6.07) is 0.466. The molecule has 2 fully saturated rings. The molecule has 88 valence electrons. The van der Waals surface area contributed by atoms with Crippen molar-refractivity contribution < 1.29 is 5.11 Å². The highest BCUT2D eigenvalue weighted by Gasteiger charge is 2.32. The van der Waals surface area contributed by atoms with Crippen LogP contribution < -0.4 is 0 Å². The third kappa shape index (κ3) is 2.71. The van der Waals surface area contributed by atoms with Crippen LogP contribution >= 0.6 is 0 Å². The first-order chi connectivity index (χ1) is 7.31. The minimum absolute atomic E-state index is 0.0530. The van der Waals surface area contributed by atoms with Gasteiger partial charge in [-0.15, -0.1) is 0 Å². The van der Waals surface area contributed by atoms with E-state index in [2.05, 4.69) is 16.7 Å². The van der Waals surface area contributed by atoms with Gasteiger partial charge in [-0.25, -0.2) is 0 Å². The van der Waals surface area contributed by atoms with Crippen molar-refractivity contribution in [2.75, 3.05) is 32.7 Å². The van der Waals surface area contributed by atoms with Gasteiger partial charge in [-0.3, -0.25) is 4.90 Å². The first-order valence-electron chi connectivity index (χ1n) is 6.45. The summed E-state index contributed by atoms with van der Waals surface area (Å²) in [5.41, 5.74) is 0. The van der Waals surface area contributed by atoms with Crippen LogP contribution in [-0.2, 0) is 0 Å². The zero-order valence-electron chi connectivity index (χ0n) is 9.86. The fourth-order valence-corrected chi connectivity index (χ4v) is 2.98. The average molecular weight is 212 g/mol. The standard InChI is InChI=1S/C12H24N2O/c1-2-6-13-7-9-14(10-8-13)11-4-3-5-12(11)15/h11-12,15H,2-10H2,1H3/t11-,12-/m1/s1. The maximum atomic E-state index is 9.86. The normalized spacial score (nSPS) is 34.8. The second-order valence-corrected chi connectivity index (χ2v) is 4.94. The van der Waals surface area contributed by atoms with Crippen molar-refractivity contribution in [1.82, 2.24) is 9.80 Å². The number of piperazine rings is 1. The van der Waals surface area contributed by atoms with Gasteiger partial charge in [0.15, 0.2) is 0 Å². The summed E-state index contributed by atoms with van der Waals surface area (Å²) in [5, 5.41) is 9.86. The predicted octanol–water partition coefficient (Wildman–Crippen LogP) is 0.927. The van der Waals surface area contributed by atoms with Crippen LogP contribution in [0.25, 0.3) is 0 Å². The highest BCUT2D eigenvalue weighted by Crippen LogP contribution is 2.24. The number of nitrogens with zero attached hydrogens (tertiary/aromatic N) is 2. The predicted molar refractivity (Wildman–Crippen MR) is 61.9 cm³/mol. The van der Waals surface area contributed by atoms with Crippen molar-refractivity contribution >= 4 is 0 Å². The lowest BCUT2D eigenvalue weighted by Crippen LogP contribution is -2.52. The summed E-state index contributed by atoms with van der Waals surface area (Å²) in [4.78, 5) is 5.04. The highest BCUT2D eigenvalue weighted by atomic mass is 16.3. The quantitative estimate of drug-likeness (QED) is 0.754. The first-order valence-corrected chi connectivity index (χ1v) is 6.45. The second-order valence-electron chi connectivity index (χ2n) is 4.94. The Morgan fingerprint density at radius 2 is 1.87 bits per heavy atom. The van der Waals surface area contributed by atoms with Crippen molar-refractivity contribution in [2.45, 2.75) is 44.8 Å². The van der Waals surface area contributed by atoms with Gasteiger partial charge in [0.25, 0.3) is 0 Å². The maximum absolute atomic E-state index is 9.86. The molecule has 0 aromatic rings. The molecule has 1 saturated heterocycles. The Labute approximate surface area is 93.1 Å². The van der Waals surface area contributed by atoms with Crippen LogP contribution in [0.2, 0.25) is 0 Å². The summed E-state index contributed by atoms with van der Waals surface area (Å²) >= 11 is 0. The van der Waals surface area contributed by atoms with Crippen LogP contribution in [0.3, 0.4) is 0 Å². The molecule has 0 unspecified atom stereocenters. The highest BCUT2D eigenvalue weighted by molar-refractivity contribution is 4.87. The SMILES string of the molecule is CCCN1CCN([C@@H]2CCC[C@H]2O)CC1. The van der Waals surface area contributed by atoms with Crippen LogP contribution in [-0.4, -0.2) is 59.8 Å². The monoisotopic (exact) mass is 212 g/mol. The molecule has 1 aliphatic heterocycles. The smallest absolute Gasteiger partial charge is 0.0695 e. The summed E-state index contributed by atoms with van der Waals surface area (Å²) < 4.78 is 0. The van der Waals surface area contributed by atoms with E-state index in [4.69, 9.17) is 0 Å². The molecule has 3 heteroatoms. The Morgan fingerprint density at radius 1 is 1.13 bits per heavy atom. The van der Waals surface area contributed by atoms with Crippen molar-refractivity contribution in [3.63, 3.8) is 0 Å². The Morgan fingerprint density at radius 3 is 2.40 bits per heavy atom. The van der Waals surface area contributed by atoms with Gasteiger partial charge in [-0.1, -0.05) is 6.92 Å². The van der Waals surface area contributed by atoms with Crippen LogP contribution in [0.15, 0.2) is 0 Å². The Hall–Kier alpha value is -0.120. The summed E-state index contributed by atoms with van der Waals surface area (Å²) in [6.07, 6.45) is 4.63. The van der Waals surface area contributed by atoms with E-state index in [0.717, 1.165) is 19.5 Å². The second kappa shape index (κ2) is 5.28. The molecule has 2 atom stereocenters. The third-order valence-corrected chi connectivity index (χ3v) is 3.86. The lowest BCUT2D eigenvalue weighted by Gasteiger charge is -2.39. The average Bonchev–Trinajstić information content (AvgIpc) is 2.66. The molecule has 1 N–H and O–H groups in total. The van der Waals surface area contributed by atoms with E-state index in [1.807, 2.05) is 0 Å². The van der Waals surface area contributed by atoms with Gasteiger partial charge < -0.3 is 10.0 Å². The first kappa shape index (κ1) is 11.4. The lowest BCUT2D eigenvalue weighted by atomic mass is 10.1. The topological polar surface area (TPSA) is 26.7 Å². The van der Waals surface area contributed by atoms with Crippen molar-refractivity contribution in [3.8, 4) is 0 Å². The Bertz CT molecular complexity index is 190. The van der Waals surface area contributed by atoms with E-state index in [-0.39, 0.29) is 6.10 Å². The molecule has 1 aliphatic carbocycles. The summed E-state index contributed by atoms with van der Waals surface area (Å²) in [7, 11) is 0. The van der Waals surface area contributed by atoms with Crippen molar-refractivity contribution in [1.29, 1.82) is 0 Å². The fourth-order valence-electron chi connectivity index (χ4n) is 2.98. The molecule has 15 heavy (non-hydrogen) atoms. The van der Waals surface area contributed by atoms with Crippen molar-refractivity contribution in [3.05, 3.63) is 0 Å². The van der Waals surface area contributed by atoms with Crippen LogP contribution in [0.5, 0.6) is 0 Å². The molecule has 2 aliphatic rings. The van der Waals surface area contributed by atoms with Gasteiger partial charge in [-0.05, 0) is 32.2 Å². The largest absolute Gasteiger partial charge is 0.391 e. The molecule has 1 saturated carbocycles. The number of aliphatic hydroxyl groups excluding tert-OH is 1. The van der Waals surface area contributed by atoms with Gasteiger partial charge in [0.05, 0.1) is 6.10 Å². The van der Waals surface area contributed by atoms with Gasteiger partial charge >= 0.3 is 0 Å². The molecule has 2 rings (SSSR count). The molecule has 0 amide bonds. The summed E-state index contributed by atoms with van der Waals surface area (Å²) in [5.74, 6) is 0. The Balaban J connectivity index is 1.77. The van der Waals surface area contributed by atoms with E-state index in [1.54, 1.807) is 0 Å². The zero-order valence-corrected chi connectivity index (χ0v) is 9.86. The lowest BCUT2D eigenvalue weighted by molar-refractivity contribution is 0.0356. The van der Waals surface area contributed by atoms with Crippen molar-refractivity contribution in [2.24, 2.45) is 0 Å².